The van der Waals surface area contributed by atoms with Crippen molar-refractivity contribution in [1.29, 1.82) is 0 Å². The van der Waals surface area contributed by atoms with Crippen LogP contribution in [0.2, 0.25) is 5.02 Å². The van der Waals surface area contributed by atoms with Crippen LogP contribution in [-0.2, 0) is 6.42 Å². The van der Waals surface area contributed by atoms with E-state index >= 15 is 0 Å². The monoisotopic (exact) mass is 261 g/mol. The van der Waals surface area contributed by atoms with Crippen molar-refractivity contribution in [1.82, 2.24) is 10.4 Å². The third-order valence-corrected chi connectivity index (χ3v) is 3.23. The summed E-state index contributed by atoms with van der Waals surface area (Å²) in [5.74, 6) is 5.66. The molecular formula is C14H16ClN3. The van der Waals surface area contributed by atoms with Gasteiger partial charge in [-0.05, 0) is 54.3 Å². The van der Waals surface area contributed by atoms with E-state index in [2.05, 4.69) is 10.4 Å². The number of rotatable bonds is 4. The van der Waals surface area contributed by atoms with Crippen molar-refractivity contribution in [3.8, 4) is 0 Å². The number of halogens is 1. The zero-order valence-electron chi connectivity index (χ0n) is 10.2. The molecule has 1 aromatic carbocycles. The van der Waals surface area contributed by atoms with Crippen LogP contribution < -0.4 is 11.3 Å². The first-order valence-electron chi connectivity index (χ1n) is 5.82. The van der Waals surface area contributed by atoms with Crippen LogP contribution in [0.15, 0.2) is 42.7 Å². The van der Waals surface area contributed by atoms with Gasteiger partial charge in [0, 0.05) is 17.4 Å². The summed E-state index contributed by atoms with van der Waals surface area (Å²) in [5, 5.41) is 0.746. The lowest BCUT2D eigenvalue weighted by molar-refractivity contribution is 0.549. The molecule has 0 aliphatic carbocycles. The average molecular weight is 262 g/mol. The maximum Gasteiger partial charge on any atom is 0.0502 e. The minimum absolute atomic E-state index is 0.0738. The average Bonchev–Trinajstić information content (AvgIpc) is 2.38. The van der Waals surface area contributed by atoms with Crippen LogP contribution in [0.5, 0.6) is 0 Å². The van der Waals surface area contributed by atoms with E-state index in [0.29, 0.717) is 0 Å². The lowest BCUT2D eigenvalue weighted by Crippen LogP contribution is -2.30. The van der Waals surface area contributed by atoms with Gasteiger partial charge >= 0.3 is 0 Å². The molecule has 2 rings (SSSR count). The number of pyridine rings is 1. The van der Waals surface area contributed by atoms with E-state index in [1.807, 2.05) is 37.3 Å². The molecular weight excluding hydrogens is 246 g/mol. The molecule has 0 saturated carbocycles. The first-order chi connectivity index (χ1) is 8.70. The van der Waals surface area contributed by atoms with Crippen LogP contribution in [-0.4, -0.2) is 4.98 Å². The van der Waals surface area contributed by atoms with Crippen LogP contribution in [0, 0.1) is 6.92 Å². The Bertz CT molecular complexity index is 514. The molecule has 1 unspecified atom stereocenters. The van der Waals surface area contributed by atoms with Gasteiger partial charge in [-0.3, -0.25) is 16.3 Å². The summed E-state index contributed by atoms with van der Waals surface area (Å²) >= 11 is 5.97. The lowest BCUT2D eigenvalue weighted by Gasteiger charge is -2.18. The molecule has 94 valence electrons. The molecule has 0 fully saturated rings. The fourth-order valence-electron chi connectivity index (χ4n) is 2.04. The molecule has 0 aliphatic rings. The van der Waals surface area contributed by atoms with Gasteiger partial charge in [-0.25, -0.2) is 0 Å². The molecule has 2 aromatic rings. The summed E-state index contributed by atoms with van der Waals surface area (Å²) in [5.41, 5.74) is 6.36. The van der Waals surface area contributed by atoms with Crippen LogP contribution in [0.25, 0.3) is 0 Å². The normalized spacial score (nSPS) is 12.4. The highest BCUT2D eigenvalue weighted by Gasteiger charge is 2.13. The molecule has 3 N–H and O–H groups in total. The second-order valence-electron chi connectivity index (χ2n) is 4.28. The van der Waals surface area contributed by atoms with Crippen LogP contribution in [0.1, 0.15) is 22.7 Å². The predicted octanol–water partition coefficient (Wildman–Crippen LogP) is 2.79. The number of nitrogens with two attached hydrogens (primary N) is 1. The third-order valence-electron chi connectivity index (χ3n) is 3.00. The summed E-state index contributed by atoms with van der Waals surface area (Å²) < 4.78 is 0. The molecule has 1 heterocycles. The summed E-state index contributed by atoms with van der Waals surface area (Å²) in [4.78, 5) is 4.01. The largest absolute Gasteiger partial charge is 0.271 e. The molecule has 0 saturated heterocycles. The van der Waals surface area contributed by atoms with Crippen molar-refractivity contribution >= 4 is 11.6 Å². The van der Waals surface area contributed by atoms with Crippen molar-refractivity contribution < 1.29 is 0 Å². The summed E-state index contributed by atoms with van der Waals surface area (Å²) in [7, 11) is 0. The first kappa shape index (κ1) is 13.0. The van der Waals surface area contributed by atoms with Crippen molar-refractivity contribution in [2.75, 3.05) is 0 Å². The SMILES string of the molecule is Cc1cc(Cl)ccc1C(Cc1ccncc1)NN. The van der Waals surface area contributed by atoms with Gasteiger partial charge in [-0.2, -0.15) is 0 Å². The Morgan fingerprint density at radius 2 is 2.00 bits per heavy atom. The van der Waals surface area contributed by atoms with E-state index < -0.39 is 0 Å². The van der Waals surface area contributed by atoms with Crippen molar-refractivity contribution in [3.63, 3.8) is 0 Å². The fraction of sp³-hybridized carbons (Fsp3) is 0.214. The molecule has 0 spiro atoms. The van der Waals surface area contributed by atoms with Gasteiger partial charge in [-0.15, -0.1) is 0 Å². The number of nitrogens with one attached hydrogen (secondary N) is 1. The molecule has 18 heavy (non-hydrogen) atoms. The number of hydrogen-bond donors (Lipinski definition) is 2. The third kappa shape index (κ3) is 3.07. The highest BCUT2D eigenvalue weighted by atomic mass is 35.5. The van der Waals surface area contributed by atoms with Gasteiger partial charge in [-0.1, -0.05) is 17.7 Å². The van der Waals surface area contributed by atoms with E-state index in [9.17, 15) is 0 Å². The van der Waals surface area contributed by atoms with Crippen LogP contribution in [0.3, 0.4) is 0 Å². The molecule has 1 aromatic heterocycles. The number of nitrogens with zero attached hydrogens (tertiary/aromatic N) is 1. The Morgan fingerprint density at radius 3 is 2.61 bits per heavy atom. The first-order valence-corrected chi connectivity index (χ1v) is 6.19. The zero-order valence-corrected chi connectivity index (χ0v) is 11.0. The Hall–Kier alpha value is -1.42. The zero-order chi connectivity index (χ0) is 13.0. The van der Waals surface area contributed by atoms with Crippen molar-refractivity contribution in [3.05, 3.63) is 64.4 Å². The van der Waals surface area contributed by atoms with Gasteiger partial charge in [0.15, 0.2) is 0 Å². The van der Waals surface area contributed by atoms with Crippen molar-refractivity contribution in [2.24, 2.45) is 5.84 Å². The summed E-state index contributed by atoms with van der Waals surface area (Å²) in [6, 6.07) is 9.92. The summed E-state index contributed by atoms with van der Waals surface area (Å²) in [6.45, 7) is 2.04. The Balaban J connectivity index is 2.23. The molecule has 0 aliphatic heterocycles. The Labute approximate surface area is 112 Å². The summed E-state index contributed by atoms with van der Waals surface area (Å²) in [6.07, 6.45) is 4.40. The maximum atomic E-state index is 5.97. The quantitative estimate of drug-likeness (QED) is 0.657. The van der Waals surface area contributed by atoms with E-state index in [1.54, 1.807) is 12.4 Å². The minimum atomic E-state index is 0.0738. The molecule has 0 bridgehead atoms. The van der Waals surface area contributed by atoms with Crippen LogP contribution in [0.4, 0.5) is 0 Å². The van der Waals surface area contributed by atoms with E-state index in [-0.39, 0.29) is 6.04 Å². The molecule has 1 atom stereocenters. The second-order valence-corrected chi connectivity index (χ2v) is 4.72. The molecule has 3 nitrogen and oxygen atoms in total. The molecule has 0 amide bonds. The van der Waals surface area contributed by atoms with Gasteiger partial charge in [0.25, 0.3) is 0 Å². The van der Waals surface area contributed by atoms with E-state index in [1.165, 1.54) is 11.1 Å². The predicted molar refractivity (Wildman–Crippen MR) is 74.2 cm³/mol. The number of aromatic nitrogens is 1. The molecule has 4 heteroatoms. The van der Waals surface area contributed by atoms with Gasteiger partial charge in [0.2, 0.25) is 0 Å². The minimum Gasteiger partial charge on any atom is -0.271 e. The topological polar surface area (TPSA) is 50.9 Å². The van der Waals surface area contributed by atoms with E-state index in [0.717, 1.165) is 17.0 Å². The lowest BCUT2D eigenvalue weighted by atomic mass is 9.96. The highest BCUT2D eigenvalue weighted by molar-refractivity contribution is 6.30. The standard InChI is InChI=1S/C14H16ClN3/c1-10-8-12(15)2-3-13(10)14(18-16)9-11-4-6-17-7-5-11/h2-8,14,18H,9,16H2,1H3. The number of hydrazine groups is 1. The number of benzene rings is 1. The van der Waals surface area contributed by atoms with Crippen LogP contribution >= 0.6 is 11.6 Å². The maximum absolute atomic E-state index is 5.97. The van der Waals surface area contributed by atoms with Gasteiger partial charge < -0.3 is 0 Å². The number of hydrogen-bond acceptors (Lipinski definition) is 3. The van der Waals surface area contributed by atoms with Crippen molar-refractivity contribution in [2.45, 2.75) is 19.4 Å². The number of aryl methyl sites for hydroxylation is 1. The Kier molecular flexibility index (Phi) is 4.31. The smallest absolute Gasteiger partial charge is 0.0502 e. The van der Waals surface area contributed by atoms with E-state index in [4.69, 9.17) is 17.4 Å². The Morgan fingerprint density at radius 1 is 1.28 bits per heavy atom. The highest BCUT2D eigenvalue weighted by Crippen LogP contribution is 2.23. The molecule has 0 radical (unpaired) electrons. The second kappa shape index (κ2) is 5.96. The fourth-order valence-corrected chi connectivity index (χ4v) is 2.27. The van der Waals surface area contributed by atoms with Gasteiger partial charge in [0.05, 0.1) is 6.04 Å². The van der Waals surface area contributed by atoms with Gasteiger partial charge in [0.1, 0.15) is 0 Å².